The van der Waals surface area contributed by atoms with Crippen molar-refractivity contribution >= 4 is 5.91 Å². The lowest BCUT2D eigenvalue weighted by molar-refractivity contribution is 0.0915. The van der Waals surface area contributed by atoms with Gasteiger partial charge in [0.2, 0.25) is 0 Å². The lowest BCUT2D eigenvalue weighted by Gasteiger charge is -2.26. The van der Waals surface area contributed by atoms with Crippen LogP contribution in [0.4, 0.5) is 0 Å². The first-order valence-corrected chi connectivity index (χ1v) is 10.7. The first-order valence-electron chi connectivity index (χ1n) is 10.7. The maximum absolute atomic E-state index is 12.7. The van der Waals surface area contributed by atoms with Crippen molar-refractivity contribution in [3.8, 4) is 29.1 Å². The summed E-state index contributed by atoms with van der Waals surface area (Å²) in [5.41, 5.74) is 3.12. The zero-order chi connectivity index (χ0) is 21.9. The number of amides is 1. The molecule has 0 fully saturated rings. The molecule has 1 unspecified atom stereocenters. The number of nitrogens with zero attached hydrogens (tertiary/aromatic N) is 1. The number of nitrogens with one attached hydrogen (secondary N) is 1. The third-order valence-corrected chi connectivity index (χ3v) is 5.69. The molecule has 0 aliphatic carbocycles. The summed E-state index contributed by atoms with van der Waals surface area (Å²) in [5, 5.41) is 12.5. The van der Waals surface area contributed by atoms with Gasteiger partial charge in [-0.05, 0) is 66.8 Å². The molecule has 6 heteroatoms. The Kier molecular flexibility index (Phi) is 5.39. The van der Waals surface area contributed by atoms with E-state index in [4.69, 9.17) is 14.2 Å². The quantitative estimate of drug-likeness (QED) is 0.668. The van der Waals surface area contributed by atoms with Crippen molar-refractivity contribution in [3.05, 3.63) is 82.9 Å². The van der Waals surface area contributed by atoms with Crippen molar-refractivity contribution in [1.82, 2.24) is 5.32 Å². The molecule has 2 heterocycles. The maximum Gasteiger partial charge on any atom is 0.251 e. The molecule has 2 aliphatic heterocycles. The summed E-state index contributed by atoms with van der Waals surface area (Å²) >= 11 is 0. The first-order chi connectivity index (χ1) is 15.7. The minimum Gasteiger partial charge on any atom is -0.493 e. The van der Waals surface area contributed by atoms with Crippen molar-refractivity contribution in [3.63, 3.8) is 0 Å². The molecule has 160 valence electrons. The van der Waals surface area contributed by atoms with Crippen LogP contribution >= 0.6 is 0 Å². The molecular weight excluding hydrogens is 404 g/mol. The van der Waals surface area contributed by atoms with Crippen molar-refractivity contribution in [2.45, 2.75) is 25.3 Å². The van der Waals surface area contributed by atoms with E-state index in [9.17, 15) is 10.1 Å². The van der Waals surface area contributed by atoms with Gasteiger partial charge in [0.1, 0.15) is 35.7 Å². The fourth-order valence-corrected chi connectivity index (χ4v) is 4.04. The number of para-hydroxylation sites is 1. The SMILES string of the molecule is N#Cc1cc2c(cc1Oc1ccc(C(=O)NC3COc4ccccc4C3)cc1)OCCC2. The Morgan fingerprint density at radius 3 is 2.72 bits per heavy atom. The fraction of sp³-hybridized carbons (Fsp3) is 0.231. The Hall–Kier alpha value is -3.98. The molecule has 2 aliphatic rings. The Morgan fingerprint density at radius 2 is 1.88 bits per heavy atom. The second-order valence-corrected chi connectivity index (χ2v) is 7.94. The molecule has 0 bridgehead atoms. The Balaban J connectivity index is 1.26. The predicted octanol–water partition coefficient (Wildman–Crippen LogP) is 4.41. The van der Waals surface area contributed by atoms with Gasteiger partial charge in [0.25, 0.3) is 5.91 Å². The summed E-state index contributed by atoms with van der Waals surface area (Å²) in [5.74, 6) is 2.47. The number of carbonyl (C=O) groups excluding carboxylic acids is 1. The number of rotatable bonds is 4. The average Bonchev–Trinajstić information content (AvgIpc) is 2.84. The molecule has 1 atom stereocenters. The third kappa shape index (κ3) is 4.10. The van der Waals surface area contributed by atoms with E-state index in [1.54, 1.807) is 30.3 Å². The van der Waals surface area contributed by atoms with Crippen molar-refractivity contribution in [2.75, 3.05) is 13.2 Å². The van der Waals surface area contributed by atoms with Crippen molar-refractivity contribution in [2.24, 2.45) is 0 Å². The second-order valence-electron chi connectivity index (χ2n) is 7.94. The van der Waals surface area contributed by atoms with Crippen LogP contribution < -0.4 is 19.5 Å². The van der Waals surface area contributed by atoms with Crippen LogP contribution in [0.15, 0.2) is 60.7 Å². The molecule has 0 aromatic heterocycles. The Morgan fingerprint density at radius 1 is 1.03 bits per heavy atom. The number of nitriles is 1. The van der Waals surface area contributed by atoms with Gasteiger partial charge >= 0.3 is 0 Å². The van der Waals surface area contributed by atoms with Crippen LogP contribution in [0.2, 0.25) is 0 Å². The van der Waals surface area contributed by atoms with Crippen LogP contribution in [-0.2, 0) is 12.8 Å². The van der Waals surface area contributed by atoms with E-state index < -0.39 is 0 Å². The fourth-order valence-electron chi connectivity index (χ4n) is 4.04. The van der Waals surface area contributed by atoms with Gasteiger partial charge in [0.15, 0.2) is 0 Å². The molecule has 0 spiro atoms. The molecular formula is C26H22N2O4. The van der Waals surface area contributed by atoms with Gasteiger partial charge in [0, 0.05) is 11.6 Å². The maximum atomic E-state index is 12.7. The summed E-state index contributed by atoms with van der Waals surface area (Å²) < 4.78 is 17.4. The van der Waals surface area contributed by atoms with E-state index in [1.807, 2.05) is 30.3 Å². The molecule has 3 aromatic rings. The number of hydrogen-bond acceptors (Lipinski definition) is 5. The van der Waals surface area contributed by atoms with E-state index in [2.05, 4.69) is 11.4 Å². The molecule has 0 saturated heterocycles. The molecule has 1 amide bonds. The zero-order valence-corrected chi connectivity index (χ0v) is 17.5. The van der Waals surface area contributed by atoms with E-state index in [0.717, 1.165) is 41.9 Å². The van der Waals surface area contributed by atoms with E-state index >= 15 is 0 Å². The normalized spacial score (nSPS) is 16.4. The van der Waals surface area contributed by atoms with E-state index in [-0.39, 0.29) is 11.9 Å². The summed E-state index contributed by atoms with van der Waals surface area (Å²) in [4.78, 5) is 12.7. The number of benzene rings is 3. The van der Waals surface area contributed by atoms with Gasteiger partial charge in [-0.2, -0.15) is 5.26 Å². The number of aryl methyl sites for hydroxylation is 1. The summed E-state index contributed by atoms with van der Waals surface area (Å²) in [7, 11) is 0. The molecule has 0 radical (unpaired) electrons. The third-order valence-electron chi connectivity index (χ3n) is 5.69. The topological polar surface area (TPSA) is 80.6 Å². The Bertz CT molecular complexity index is 1200. The predicted molar refractivity (Wildman–Crippen MR) is 118 cm³/mol. The van der Waals surface area contributed by atoms with Crippen LogP contribution in [-0.4, -0.2) is 25.2 Å². The number of fused-ring (bicyclic) bond motifs is 2. The number of carbonyl (C=O) groups is 1. The van der Waals surface area contributed by atoms with Crippen molar-refractivity contribution < 1.29 is 19.0 Å². The highest BCUT2D eigenvalue weighted by Gasteiger charge is 2.22. The van der Waals surface area contributed by atoms with Gasteiger partial charge in [-0.3, -0.25) is 4.79 Å². The molecule has 1 N–H and O–H groups in total. The van der Waals surface area contributed by atoms with Gasteiger partial charge in [-0.1, -0.05) is 18.2 Å². The number of hydrogen-bond donors (Lipinski definition) is 1. The molecule has 6 nitrogen and oxygen atoms in total. The summed E-state index contributed by atoms with van der Waals surface area (Å²) in [6.07, 6.45) is 2.58. The lowest BCUT2D eigenvalue weighted by atomic mass is 10.0. The zero-order valence-electron chi connectivity index (χ0n) is 17.5. The van der Waals surface area contributed by atoms with Crippen LogP contribution in [0.5, 0.6) is 23.0 Å². The first kappa shape index (κ1) is 20.0. The van der Waals surface area contributed by atoms with Crippen LogP contribution in [0.1, 0.15) is 33.5 Å². The van der Waals surface area contributed by atoms with Crippen LogP contribution in [0.3, 0.4) is 0 Å². The monoisotopic (exact) mass is 426 g/mol. The highest BCUT2D eigenvalue weighted by Crippen LogP contribution is 2.34. The minimum atomic E-state index is -0.163. The largest absolute Gasteiger partial charge is 0.493 e. The molecule has 0 saturated carbocycles. The standard InChI is InChI=1S/C26H22N2O4/c27-15-20-12-18-5-3-11-30-24(18)14-25(20)32-22-9-7-17(8-10-22)26(29)28-21-13-19-4-1-2-6-23(19)31-16-21/h1-2,4,6-10,12,14,21H,3,5,11,13,16H2,(H,28,29). The smallest absolute Gasteiger partial charge is 0.251 e. The van der Waals surface area contributed by atoms with Gasteiger partial charge in [-0.15, -0.1) is 0 Å². The second kappa shape index (κ2) is 8.64. The van der Waals surface area contributed by atoms with Crippen LogP contribution in [0.25, 0.3) is 0 Å². The lowest BCUT2D eigenvalue weighted by Crippen LogP contribution is -2.42. The Labute approximate surface area is 186 Å². The molecule has 5 rings (SSSR count). The number of ether oxygens (including phenoxy) is 3. The van der Waals surface area contributed by atoms with Crippen LogP contribution in [0, 0.1) is 11.3 Å². The highest BCUT2D eigenvalue weighted by atomic mass is 16.5. The minimum absolute atomic E-state index is 0.0815. The summed E-state index contributed by atoms with van der Waals surface area (Å²) in [6, 6.07) is 20.5. The van der Waals surface area contributed by atoms with Gasteiger partial charge in [0.05, 0.1) is 18.2 Å². The van der Waals surface area contributed by atoms with E-state index in [0.29, 0.717) is 35.8 Å². The summed E-state index contributed by atoms with van der Waals surface area (Å²) in [6.45, 7) is 1.11. The molecule has 3 aromatic carbocycles. The van der Waals surface area contributed by atoms with Crippen molar-refractivity contribution in [1.29, 1.82) is 5.26 Å². The van der Waals surface area contributed by atoms with Gasteiger partial charge in [-0.25, -0.2) is 0 Å². The van der Waals surface area contributed by atoms with E-state index in [1.165, 1.54) is 0 Å². The highest BCUT2D eigenvalue weighted by molar-refractivity contribution is 5.94. The molecule has 32 heavy (non-hydrogen) atoms. The van der Waals surface area contributed by atoms with Gasteiger partial charge < -0.3 is 19.5 Å². The average molecular weight is 426 g/mol.